The van der Waals surface area contributed by atoms with Gasteiger partial charge < -0.3 is 15.6 Å². The maximum atomic E-state index is 12.3. The third kappa shape index (κ3) is 2.57. The zero-order chi connectivity index (χ0) is 15.9. The first-order chi connectivity index (χ1) is 9.73. The number of carbonyl (C=O) groups excluding carboxylic acids is 1. The van der Waals surface area contributed by atoms with Gasteiger partial charge in [0.05, 0.1) is 5.39 Å². The number of hydrogen-bond donors (Lipinski definition) is 2. The first-order valence-corrected chi connectivity index (χ1v) is 7.15. The Bertz CT molecular complexity index is 702. The minimum Gasteiger partial charge on any atom is -0.383 e. The number of nitrogen functional groups attached to an aromatic ring is 1. The van der Waals surface area contributed by atoms with Crippen molar-refractivity contribution in [2.75, 3.05) is 5.73 Å². The van der Waals surface area contributed by atoms with Crippen LogP contribution < -0.4 is 11.1 Å². The number of aromatic nitrogens is 3. The van der Waals surface area contributed by atoms with Crippen LogP contribution in [0, 0.1) is 20.8 Å². The van der Waals surface area contributed by atoms with Crippen molar-refractivity contribution in [3.63, 3.8) is 0 Å². The van der Waals surface area contributed by atoms with Crippen LogP contribution in [0.2, 0.25) is 0 Å². The van der Waals surface area contributed by atoms with Crippen LogP contribution >= 0.6 is 0 Å². The van der Waals surface area contributed by atoms with E-state index in [-0.39, 0.29) is 18.0 Å². The van der Waals surface area contributed by atoms with Gasteiger partial charge in [0.2, 0.25) is 5.91 Å². The molecular formula is C15H23N5O. The molecule has 2 heterocycles. The monoisotopic (exact) mass is 289 g/mol. The van der Waals surface area contributed by atoms with Gasteiger partial charge in [-0.3, -0.25) is 4.79 Å². The predicted octanol–water partition coefficient (Wildman–Crippen LogP) is 2.02. The molecule has 21 heavy (non-hydrogen) atoms. The maximum absolute atomic E-state index is 12.3. The van der Waals surface area contributed by atoms with Gasteiger partial charge in [-0.2, -0.15) is 0 Å². The van der Waals surface area contributed by atoms with Crippen LogP contribution in [-0.2, 0) is 4.79 Å². The van der Waals surface area contributed by atoms with E-state index in [4.69, 9.17) is 5.73 Å². The van der Waals surface area contributed by atoms with Gasteiger partial charge in [-0.15, -0.1) is 0 Å². The molecule has 0 aliphatic heterocycles. The van der Waals surface area contributed by atoms with E-state index in [9.17, 15) is 4.79 Å². The lowest BCUT2D eigenvalue weighted by Gasteiger charge is -2.18. The Hall–Kier alpha value is -2.11. The van der Waals surface area contributed by atoms with Crippen LogP contribution in [0.15, 0.2) is 0 Å². The summed E-state index contributed by atoms with van der Waals surface area (Å²) < 4.78 is 1.94. The number of amides is 1. The first kappa shape index (κ1) is 15.3. The summed E-state index contributed by atoms with van der Waals surface area (Å²) in [4.78, 5) is 21.0. The Balaban J connectivity index is 2.64. The molecule has 0 saturated heterocycles. The molecule has 1 amide bonds. The molecule has 0 saturated carbocycles. The molecule has 6 heteroatoms. The van der Waals surface area contributed by atoms with Gasteiger partial charge in [0.25, 0.3) is 0 Å². The topological polar surface area (TPSA) is 85.8 Å². The first-order valence-electron chi connectivity index (χ1n) is 7.15. The Morgan fingerprint density at radius 3 is 2.38 bits per heavy atom. The number of hydrogen-bond acceptors (Lipinski definition) is 4. The highest BCUT2D eigenvalue weighted by Gasteiger charge is 2.23. The summed E-state index contributed by atoms with van der Waals surface area (Å²) in [5.41, 5.74) is 8.76. The largest absolute Gasteiger partial charge is 0.383 e. The molecule has 0 fully saturated rings. The Labute approximate surface area is 124 Å². The second kappa shape index (κ2) is 5.35. The molecular weight excluding hydrogens is 266 g/mol. The summed E-state index contributed by atoms with van der Waals surface area (Å²) in [6.45, 7) is 11.5. The summed E-state index contributed by atoms with van der Waals surface area (Å²) in [5, 5.41) is 3.77. The molecule has 2 rings (SSSR count). The SMILES string of the molecule is Cc1nc(N)c2c(C)c(C)n(C(C)C(=O)NC(C)C)c2n1. The molecule has 6 nitrogen and oxygen atoms in total. The van der Waals surface area contributed by atoms with Crippen molar-refractivity contribution in [2.45, 2.75) is 53.6 Å². The maximum Gasteiger partial charge on any atom is 0.243 e. The van der Waals surface area contributed by atoms with Crippen LogP contribution in [0.5, 0.6) is 0 Å². The van der Waals surface area contributed by atoms with Crippen molar-refractivity contribution in [2.24, 2.45) is 0 Å². The normalized spacial score (nSPS) is 12.9. The predicted molar refractivity (Wildman–Crippen MR) is 84.1 cm³/mol. The summed E-state index contributed by atoms with van der Waals surface area (Å²) in [5.74, 6) is 1.04. The number of nitrogens with one attached hydrogen (secondary N) is 1. The van der Waals surface area contributed by atoms with Crippen molar-refractivity contribution in [3.8, 4) is 0 Å². The van der Waals surface area contributed by atoms with E-state index >= 15 is 0 Å². The standard InChI is InChI=1S/C15H23N5O/c1-7(2)17-15(21)10(5)20-9(4)8(3)12-13(16)18-11(6)19-14(12)20/h7,10H,1-6H3,(H,17,21)(H2,16,18,19). The third-order valence-corrected chi connectivity index (χ3v) is 3.73. The van der Waals surface area contributed by atoms with Crippen molar-refractivity contribution in [1.82, 2.24) is 19.9 Å². The third-order valence-electron chi connectivity index (χ3n) is 3.73. The Morgan fingerprint density at radius 1 is 1.19 bits per heavy atom. The number of aryl methyl sites for hydroxylation is 2. The number of carbonyl (C=O) groups is 1. The van der Waals surface area contributed by atoms with Crippen LogP contribution in [0.3, 0.4) is 0 Å². The zero-order valence-electron chi connectivity index (χ0n) is 13.5. The van der Waals surface area contributed by atoms with E-state index in [1.54, 1.807) is 6.92 Å². The molecule has 0 aromatic carbocycles. The van der Waals surface area contributed by atoms with Crippen molar-refractivity contribution in [3.05, 3.63) is 17.1 Å². The smallest absolute Gasteiger partial charge is 0.243 e. The molecule has 0 aliphatic rings. The van der Waals surface area contributed by atoms with Crippen LogP contribution in [0.1, 0.15) is 43.9 Å². The molecule has 2 aromatic heterocycles. The lowest BCUT2D eigenvalue weighted by atomic mass is 10.2. The Kier molecular flexibility index (Phi) is 3.89. The highest BCUT2D eigenvalue weighted by atomic mass is 16.2. The molecule has 2 aromatic rings. The summed E-state index contributed by atoms with van der Waals surface area (Å²) in [6, 6.07) is -0.248. The van der Waals surface area contributed by atoms with Gasteiger partial charge in [-0.05, 0) is 47.1 Å². The summed E-state index contributed by atoms with van der Waals surface area (Å²) in [6.07, 6.45) is 0. The highest BCUT2D eigenvalue weighted by molar-refractivity contribution is 5.93. The number of anilines is 1. The molecule has 1 unspecified atom stereocenters. The second-order valence-electron chi connectivity index (χ2n) is 5.77. The molecule has 0 radical (unpaired) electrons. The molecule has 0 bridgehead atoms. The number of nitrogens with zero attached hydrogens (tertiary/aromatic N) is 3. The molecule has 1 atom stereocenters. The van der Waals surface area contributed by atoms with E-state index in [1.165, 1.54) is 0 Å². The highest BCUT2D eigenvalue weighted by Crippen LogP contribution is 2.30. The van der Waals surface area contributed by atoms with E-state index in [0.717, 1.165) is 22.3 Å². The van der Waals surface area contributed by atoms with Gasteiger partial charge in [-0.1, -0.05) is 0 Å². The molecule has 0 spiro atoms. The zero-order valence-corrected chi connectivity index (χ0v) is 13.5. The van der Waals surface area contributed by atoms with Gasteiger partial charge >= 0.3 is 0 Å². The fraction of sp³-hybridized carbons (Fsp3) is 0.533. The number of nitrogens with two attached hydrogens (primary N) is 1. The summed E-state index contributed by atoms with van der Waals surface area (Å²) in [7, 11) is 0. The molecule has 114 valence electrons. The van der Waals surface area contributed by atoms with Crippen molar-refractivity contribution in [1.29, 1.82) is 0 Å². The Morgan fingerprint density at radius 2 is 1.81 bits per heavy atom. The second-order valence-corrected chi connectivity index (χ2v) is 5.77. The van der Waals surface area contributed by atoms with Gasteiger partial charge in [0.15, 0.2) is 0 Å². The van der Waals surface area contributed by atoms with Crippen LogP contribution in [0.25, 0.3) is 11.0 Å². The molecule has 3 N–H and O–H groups in total. The van der Waals surface area contributed by atoms with Crippen LogP contribution in [0.4, 0.5) is 5.82 Å². The lowest BCUT2D eigenvalue weighted by Crippen LogP contribution is -2.36. The molecule has 0 aliphatic carbocycles. The summed E-state index contributed by atoms with van der Waals surface area (Å²) >= 11 is 0. The van der Waals surface area contributed by atoms with Gasteiger partial charge in [0.1, 0.15) is 23.3 Å². The van der Waals surface area contributed by atoms with E-state index in [1.807, 2.05) is 39.2 Å². The van der Waals surface area contributed by atoms with E-state index in [0.29, 0.717) is 11.6 Å². The quantitative estimate of drug-likeness (QED) is 0.905. The van der Waals surface area contributed by atoms with Gasteiger partial charge in [-0.25, -0.2) is 9.97 Å². The number of rotatable bonds is 3. The fourth-order valence-electron chi connectivity index (χ4n) is 2.63. The average Bonchev–Trinajstić information content (AvgIpc) is 2.60. The van der Waals surface area contributed by atoms with Crippen LogP contribution in [-0.4, -0.2) is 26.5 Å². The van der Waals surface area contributed by atoms with E-state index in [2.05, 4.69) is 15.3 Å². The van der Waals surface area contributed by atoms with Crippen molar-refractivity contribution < 1.29 is 4.79 Å². The van der Waals surface area contributed by atoms with E-state index < -0.39 is 0 Å². The number of fused-ring (bicyclic) bond motifs is 1. The van der Waals surface area contributed by atoms with Crippen molar-refractivity contribution >= 4 is 22.8 Å². The average molecular weight is 289 g/mol. The minimum absolute atomic E-state index is 0.0279. The lowest BCUT2D eigenvalue weighted by molar-refractivity contribution is -0.124. The minimum atomic E-state index is -0.350. The fourth-order valence-corrected chi connectivity index (χ4v) is 2.63. The van der Waals surface area contributed by atoms with Gasteiger partial charge in [0, 0.05) is 11.7 Å².